The molecule has 0 radical (unpaired) electrons. The molecule has 108 valence electrons. The highest BCUT2D eigenvalue weighted by atomic mass is 15.4. The molecule has 0 saturated heterocycles. The molecule has 1 N–H and O–H groups in total. The predicted octanol–water partition coefficient (Wildman–Crippen LogP) is 3.18. The molecular weight excluding hydrogens is 274 g/mol. The fraction of sp³-hybridized carbons (Fsp3) is 0.118. The van der Waals surface area contributed by atoms with Gasteiger partial charge in [-0.3, -0.25) is 5.10 Å². The normalized spacial score (nSPS) is 11.1. The van der Waals surface area contributed by atoms with E-state index in [-0.39, 0.29) is 0 Å². The molecule has 0 unspecified atom stereocenters. The molecule has 4 aromatic rings. The van der Waals surface area contributed by atoms with E-state index in [9.17, 15) is 0 Å². The van der Waals surface area contributed by atoms with E-state index in [1.807, 2.05) is 41.3 Å². The number of rotatable bonds is 3. The number of aromatic amines is 1. The van der Waals surface area contributed by atoms with Gasteiger partial charge < -0.3 is 0 Å². The van der Waals surface area contributed by atoms with E-state index >= 15 is 0 Å². The first kappa shape index (κ1) is 12.8. The van der Waals surface area contributed by atoms with Gasteiger partial charge in [-0.2, -0.15) is 5.10 Å². The van der Waals surface area contributed by atoms with E-state index in [0.29, 0.717) is 0 Å². The minimum atomic E-state index is 0.730. The zero-order valence-electron chi connectivity index (χ0n) is 12.2. The van der Waals surface area contributed by atoms with Crippen molar-refractivity contribution in [3.8, 4) is 11.3 Å². The molecule has 22 heavy (non-hydrogen) atoms. The molecule has 0 bridgehead atoms. The van der Waals surface area contributed by atoms with Crippen LogP contribution in [0.4, 0.5) is 0 Å². The molecule has 0 saturated carbocycles. The average Bonchev–Trinajstić information content (AvgIpc) is 3.17. The topological polar surface area (TPSA) is 59.4 Å². The van der Waals surface area contributed by atoms with Gasteiger partial charge in [0, 0.05) is 10.9 Å². The van der Waals surface area contributed by atoms with Crippen LogP contribution in [0.5, 0.6) is 0 Å². The van der Waals surface area contributed by atoms with E-state index in [2.05, 4.69) is 45.6 Å². The van der Waals surface area contributed by atoms with Crippen molar-refractivity contribution in [3.05, 3.63) is 66.0 Å². The van der Waals surface area contributed by atoms with Crippen LogP contribution in [0.15, 0.2) is 54.9 Å². The molecule has 2 aromatic heterocycles. The third kappa shape index (κ3) is 2.26. The number of aryl methyl sites for hydroxylation is 1. The van der Waals surface area contributed by atoms with Crippen LogP contribution in [-0.2, 0) is 6.54 Å². The van der Waals surface area contributed by atoms with Gasteiger partial charge in [0.2, 0.25) is 0 Å². The molecule has 0 fully saturated rings. The van der Waals surface area contributed by atoms with Crippen molar-refractivity contribution in [1.82, 2.24) is 25.2 Å². The van der Waals surface area contributed by atoms with E-state index in [1.54, 1.807) is 0 Å². The Morgan fingerprint density at radius 2 is 2.05 bits per heavy atom. The second-order valence-electron chi connectivity index (χ2n) is 5.40. The standard InChI is InChI=1S/C17H15N5/c1-12-4-2-3-5-14(12)10-22-11-17(20-21-22)13-6-7-16-15(8-13)9-18-19-16/h2-9,11H,10H2,1H3,(H,18,19). The summed E-state index contributed by atoms with van der Waals surface area (Å²) in [6.07, 6.45) is 3.80. The van der Waals surface area contributed by atoms with Crippen LogP contribution in [0.1, 0.15) is 11.1 Å². The van der Waals surface area contributed by atoms with Crippen molar-refractivity contribution >= 4 is 10.9 Å². The Hall–Kier alpha value is -2.95. The van der Waals surface area contributed by atoms with Crippen molar-refractivity contribution in [2.24, 2.45) is 0 Å². The maximum absolute atomic E-state index is 4.29. The van der Waals surface area contributed by atoms with Gasteiger partial charge in [-0.15, -0.1) is 5.10 Å². The summed E-state index contributed by atoms with van der Waals surface area (Å²) in [5.41, 5.74) is 5.46. The molecule has 5 nitrogen and oxygen atoms in total. The van der Waals surface area contributed by atoms with Crippen molar-refractivity contribution < 1.29 is 0 Å². The number of benzene rings is 2. The third-order valence-corrected chi connectivity index (χ3v) is 3.87. The lowest BCUT2D eigenvalue weighted by molar-refractivity contribution is 0.647. The summed E-state index contributed by atoms with van der Waals surface area (Å²) in [6.45, 7) is 2.84. The number of nitrogens with zero attached hydrogens (tertiary/aromatic N) is 4. The molecule has 0 amide bonds. The summed E-state index contributed by atoms with van der Waals surface area (Å²) in [6, 6.07) is 14.4. The Kier molecular flexibility index (Phi) is 2.96. The highest BCUT2D eigenvalue weighted by Gasteiger charge is 2.07. The van der Waals surface area contributed by atoms with Crippen molar-refractivity contribution in [2.75, 3.05) is 0 Å². The van der Waals surface area contributed by atoms with E-state index < -0.39 is 0 Å². The van der Waals surface area contributed by atoms with Crippen LogP contribution in [0.25, 0.3) is 22.2 Å². The van der Waals surface area contributed by atoms with Crippen molar-refractivity contribution in [2.45, 2.75) is 13.5 Å². The Labute approximate surface area is 127 Å². The summed E-state index contributed by atoms with van der Waals surface area (Å²) < 4.78 is 1.87. The molecular formula is C17H15N5. The Bertz CT molecular complexity index is 935. The molecule has 0 spiro atoms. The van der Waals surface area contributed by atoms with E-state index in [4.69, 9.17) is 0 Å². The lowest BCUT2D eigenvalue weighted by Gasteiger charge is -2.04. The minimum absolute atomic E-state index is 0.730. The average molecular weight is 289 g/mol. The van der Waals surface area contributed by atoms with Gasteiger partial charge in [0.1, 0.15) is 5.69 Å². The van der Waals surface area contributed by atoms with Gasteiger partial charge in [0.15, 0.2) is 0 Å². The quantitative estimate of drug-likeness (QED) is 0.630. The molecule has 0 atom stereocenters. The fourth-order valence-electron chi connectivity index (χ4n) is 2.57. The third-order valence-electron chi connectivity index (χ3n) is 3.87. The van der Waals surface area contributed by atoms with Gasteiger partial charge >= 0.3 is 0 Å². The number of hydrogen-bond donors (Lipinski definition) is 1. The van der Waals surface area contributed by atoms with Crippen LogP contribution in [0.3, 0.4) is 0 Å². The van der Waals surface area contributed by atoms with Crippen LogP contribution in [0, 0.1) is 6.92 Å². The first-order chi connectivity index (χ1) is 10.8. The van der Waals surface area contributed by atoms with Crippen LogP contribution in [0.2, 0.25) is 0 Å². The Balaban J connectivity index is 1.64. The van der Waals surface area contributed by atoms with Crippen LogP contribution >= 0.6 is 0 Å². The lowest BCUT2D eigenvalue weighted by Crippen LogP contribution is -2.01. The summed E-state index contributed by atoms with van der Waals surface area (Å²) in [5.74, 6) is 0. The van der Waals surface area contributed by atoms with Crippen molar-refractivity contribution in [1.29, 1.82) is 0 Å². The monoisotopic (exact) mass is 289 g/mol. The van der Waals surface area contributed by atoms with Gasteiger partial charge in [-0.05, 0) is 30.2 Å². The molecule has 0 aliphatic heterocycles. The zero-order chi connectivity index (χ0) is 14.9. The first-order valence-electron chi connectivity index (χ1n) is 7.18. The van der Waals surface area contributed by atoms with Gasteiger partial charge in [0.25, 0.3) is 0 Å². The Morgan fingerprint density at radius 3 is 2.95 bits per heavy atom. The maximum atomic E-state index is 4.29. The van der Waals surface area contributed by atoms with Crippen LogP contribution < -0.4 is 0 Å². The summed E-state index contributed by atoms with van der Waals surface area (Å²) in [7, 11) is 0. The number of nitrogens with one attached hydrogen (secondary N) is 1. The molecule has 4 rings (SSSR count). The van der Waals surface area contributed by atoms with Crippen LogP contribution in [-0.4, -0.2) is 25.2 Å². The second-order valence-corrected chi connectivity index (χ2v) is 5.40. The fourth-order valence-corrected chi connectivity index (χ4v) is 2.57. The van der Waals surface area contributed by atoms with Gasteiger partial charge in [-0.1, -0.05) is 35.5 Å². The smallest absolute Gasteiger partial charge is 0.113 e. The minimum Gasteiger partial charge on any atom is -0.278 e. The van der Waals surface area contributed by atoms with Gasteiger partial charge in [-0.25, -0.2) is 4.68 Å². The maximum Gasteiger partial charge on any atom is 0.113 e. The molecule has 2 aromatic carbocycles. The summed E-state index contributed by atoms with van der Waals surface area (Å²) in [5, 5.41) is 16.6. The number of hydrogen-bond acceptors (Lipinski definition) is 3. The predicted molar refractivity (Wildman–Crippen MR) is 85.4 cm³/mol. The second kappa shape index (κ2) is 5.11. The highest BCUT2D eigenvalue weighted by Crippen LogP contribution is 2.21. The Morgan fingerprint density at radius 1 is 1.14 bits per heavy atom. The summed E-state index contributed by atoms with van der Waals surface area (Å²) >= 11 is 0. The molecule has 0 aliphatic carbocycles. The van der Waals surface area contributed by atoms with E-state index in [1.165, 1.54) is 11.1 Å². The summed E-state index contributed by atoms with van der Waals surface area (Å²) in [4.78, 5) is 0. The van der Waals surface area contributed by atoms with E-state index in [0.717, 1.165) is 28.7 Å². The van der Waals surface area contributed by atoms with Gasteiger partial charge in [0.05, 0.1) is 24.5 Å². The largest absolute Gasteiger partial charge is 0.278 e. The zero-order valence-corrected chi connectivity index (χ0v) is 12.2. The number of aromatic nitrogens is 5. The number of H-pyrrole nitrogens is 1. The SMILES string of the molecule is Cc1ccccc1Cn1cc(-c2ccc3[nH]ncc3c2)nn1. The lowest BCUT2D eigenvalue weighted by atomic mass is 10.1. The molecule has 0 aliphatic rings. The first-order valence-corrected chi connectivity index (χ1v) is 7.18. The van der Waals surface area contributed by atoms with Crippen molar-refractivity contribution in [3.63, 3.8) is 0 Å². The highest BCUT2D eigenvalue weighted by molar-refractivity contribution is 5.83. The number of fused-ring (bicyclic) bond motifs is 1. The molecule has 2 heterocycles. The molecule has 5 heteroatoms.